The van der Waals surface area contributed by atoms with Crippen molar-refractivity contribution >= 4 is 17.4 Å². The number of hydrogen-bond acceptors (Lipinski definition) is 7. The van der Waals surface area contributed by atoms with Crippen LogP contribution in [0, 0.1) is 17.3 Å². The van der Waals surface area contributed by atoms with Crippen LogP contribution in [0.3, 0.4) is 0 Å². The van der Waals surface area contributed by atoms with E-state index in [0.29, 0.717) is 38.4 Å². The van der Waals surface area contributed by atoms with Gasteiger partial charge in [0.05, 0.1) is 24.3 Å². The maximum absolute atomic E-state index is 13.3. The zero-order valence-electron chi connectivity index (χ0n) is 16.7. The van der Waals surface area contributed by atoms with E-state index in [1.807, 2.05) is 18.7 Å². The van der Waals surface area contributed by atoms with Crippen LogP contribution in [-0.4, -0.2) is 64.5 Å². The highest BCUT2D eigenvalue weighted by atomic mass is 16.5. The van der Waals surface area contributed by atoms with Crippen molar-refractivity contribution in [1.82, 2.24) is 24.5 Å². The number of hydrogen-bond donors (Lipinski definition) is 2. The highest BCUT2D eigenvalue weighted by molar-refractivity contribution is 5.74. The lowest BCUT2D eigenvalue weighted by Crippen LogP contribution is -2.47. The van der Waals surface area contributed by atoms with Gasteiger partial charge < -0.3 is 25.3 Å². The number of nitrogens with zero attached hydrogens (tertiary/aromatic N) is 5. The number of nitrogens with two attached hydrogens (primary N) is 1. The van der Waals surface area contributed by atoms with Crippen molar-refractivity contribution in [3.8, 4) is 11.8 Å². The molecule has 0 aliphatic carbocycles. The number of nitrogens with one attached hydrogen (secondary N) is 1. The standard InChI is InChI=1S/C19H25N7O3/c1-3-13-16(24-8-6-21-7-9-24)17(28)26-18(25(13)10-14(20)27)22-15(23-26)4-5-19(2)11-29-12-19/h21H,3,6-12H2,1-2H3,(H2,20,27). The molecule has 0 radical (unpaired) electrons. The van der Waals surface area contributed by atoms with E-state index in [0.717, 1.165) is 18.8 Å². The van der Waals surface area contributed by atoms with Crippen molar-refractivity contribution in [3.05, 3.63) is 21.9 Å². The van der Waals surface area contributed by atoms with Gasteiger partial charge in [-0.3, -0.25) is 9.59 Å². The summed E-state index contributed by atoms with van der Waals surface area (Å²) in [5.41, 5.74) is 6.30. The summed E-state index contributed by atoms with van der Waals surface area (Å²) < 4.78 is 8.14. The normalized spacial score (nSPS) is 18.2. The number of carbonyl (C=O) groups excluding carboxylic acids is 1. The molecule has 2 aliphatic heterocycles. The highest BCUT2D eigenvalue weighted by Gasteiger charge is 2.31. The predicted molar refractivity (Wildman–Crippen MR) is 107 cm³/mol. The van der Waals surface area contributed by atoms with Gasteiger partial charge in [0.15, 0.2) is 0 Å². The number of amides is 1. The SMILES string of the molecule is CCc1c(N2CCNCC2)c(=O)n2nc(C#CC3(C)COC3)nc2n1CC(N)=O. The quantitative estimate of drug-likeness (QED) is 0.616. The third-order valence-corrected chi connectivity index (χ3v) is 5.23. The number of primary amides is 1. The molecule has 3 N–H and O–H groups in total. The van der Waals surface area contributed by atoms with Crippen LogP contribution in [0.4, 0.5) is 5.69 Å². The molecular weight excluding hydrogens is 374 g/mol. The molecule has 154 valence electrons. The molecule has 1 amide bonds. The van der Waals surface area contributed by atoms with E-state index in [1.54, 1.807) is 4.57 Å². The first-order chi connectivity index (χ1) is 13.9. The fourth-order valence-electron chi connectivity index (χ4n) is 3.71. The predicted octanol–water partition coefficient (Wildman–Crippen LogP) is -1.26. The first kappa shape index (κ1) is 19.4. The number of ether oxygens (including phenoxy) is 1. The molecule has 2 aromatic rings. The highest BCUT2D eigenvalue weighted by Crippen LogP contribution is 2.25. The van der Waals surface area contributed by atoms with Crippen LogP contribution in [0.1, 0.15) is 25.4 Å². The van der Waals surface area contributed by atoms with Gasteiger partial charge in [0.2, 0.25) is 17.5 Å². The van der Waals surface area contributed by atoms with Gasteiger partial charge in [0.1, 0.15) is 12.2 Å². The van der Waals surface area contributed by atoms with Crippen LogP contribution in [0.2, 0.25) is 0 Å². The molecule has 10 nitrogen and oxygen atoms in total. The number of piperazine rings is 1. The van der Waals surface area contributed by atoms with Gasteiger partial charge in [-0.15, -0.1) is 5.10 Å². The third kappa shape index (κ3) is 3.59. The van der Waals surface area contributed by atoms with Gasteiger partial charge in [-0.1, -0.05) is 12.8 Å². The van der Waals surface area contributed by atoms with Crippen molar-refractivity contribution in [3.63, 3.8) is 0 Å². The van der Waals surface area contributed by atoms with Gasteiger partial charge in [-0.25, -0.2) is 0 Å². The molecule has 2 aromatic heterocycles. The zero-order valence-corrected chi connectivity index (χ0v) is 16.7. The maximum atomic E-state index is 13.3. The number of fused-ring (bicyclic) bond motifs is 1. The molecule has 2 saturated heterocycles. The molecular formula is C19H25N7O3. The van der Waals surface area contributed by atoms with Crippen LogP contribution >= 0.6 is 0 Å². The minimum Gasteiger partial charge on any atom is -0.378 e. The van der Waals surface area contributed by atoms with Gasteiger partial charge in [0, 0.05) is 26.2 Å². The summed E-state index contributed by atoms with van der Waals surface area (Å²) in [6.07, 6.45) is 0.557. The Bertz CT molecular complexity index is 1070. The molecule has 2 aliphatic rings. The van der Waals surface area contributed by atoms with Crippen molar-refractivity contribution < 1.29 is 9.53 Å². The Morgan fingerprint density at radius 3 is 2.66 bits per heavy atom. The van der Waals surface area contributed by atoms with Gasteiger partial charge in [-0.2, -0.15) is 9.50 Å². The molecule has 4 heterocycles. The van der Waals surface area contributed by atoms with E-state index in [-0.39, 0.29) is 29.1 Å². The minimum absolute atomic E-state index is 0.0802. The van der Waals surface area contributed by atoms with Crippen LogP contribution in [-0.2, 0) is 22.5 Å². The van der Waals surface area contributed by atoms with E-state index in [2.05, 4.69) is 27.2 Å². The molecule has 0 aromatic carbocycles. The molecule has 0 unspecified atom stereocenters. The fraction of sp³-hybridized carbons (Fsp3) is 0.579. The van der Waals surface area contributed by atoms with Crippen molar-refractivity contribution in [2.45, 2.75) is 26.8 Å². The third-order valence-electron chi connectivity index (χ3n) is 5.23. The molecule has 0 saturated carbocycles. The van der Waals surface area contributed by atoms with E-state index in [4.69, 9.17) is 10.5 Å². The second kappa shape index (κ2) is 7.50. The molecule has 4 rings (SSSR count). The fourth-order valence-corrected chi connectivity index (χ4v) is 3.71. The van der Waals surface area contributed by atoms with Crippen LogP contribution in [0.15, 0.2) is 4.79 Å². The summed E-state index contributed by atoms with van der Waals surface area (Å²) in [6.45, 7) is 7.96. The Hall–Kier alpha value is -2.90. The van der Waals surface area contributed by atoms with E-state index >= 15 is 0 Å². The maximum Gasteiger partial charge on any atom is 0.299 e. The van der Waals surface area contributed by atoms with Gasteiger partial charge in [-0.05, 0) is 19.3 Å². The van der Waals surface area contributed by atoms with Crippen molar-refractivity contribution in [2.75, 3.05) is 44.3 Å². The first-order valence-corrected chi connectivity index (χ1v) is 9.79. The summed E-state index contributed by atoms with van der Waals surface area (Å²) in [7, 11) is 0. The molecule has 10 heteroatoms. The Labute approximate surface area is 168 Å². The lowest BCUT2D eigenvalue weighted by Gasteiger charge is -2.32. The largest absolute Gasteiger partial charge is 0.378 e. The summed E-state index contributed by atoms with van der Waals surface area (Å²) in [5, 5.41) is 7.62. The van der Waals surface area contributed by atoms with Crippen LogP contribution in [0.25, 0.3) is 5.78 Å². The van der Waals surface area contributed by atoms with Crippen LogP contribution in [0.5, 0.6) is 0 Å². The number of carbonyl (C=O) groups is 1. The van der Waals surface area contributed by atoms with Crippen molar-refractivity contribution in [1.29, 1.82) is 0 Å². The first-order valence-electron chi connectivity index (χ1n) is 9.79. The monoisotopic (exact) mass is 399 g/mol. The average molecular weight is 399 g/mol. The smallest absolute Gasteiger partial charge is 0.299 e. The Morgan fingerprint density at radius 1 is 1.34 bits per heavy atom. The van der Waals surface area contributed by atoms with E-state index < -0.39 is 5.91 Å². The molecule has 0 spiro atoms. The minimum atomic E-state index is -0.508. The summed E-state index contributed by atoms with van der Waals surface area (Å²) in [4.78, 5) is 31.6. The number of anilines is 1. The zero-order chi connectivity index (χ0) is 20.6. The van der Waals surface area contributed by atoms with Gasteiger partial charge in [0.25, 0.3) is 5.56 Å². The molecule has 2 fully saturated rings. The van der Waals surface area contributed by atoms with E-state index in [9.17, 15) is 9.59 Å². The Morgan fingerprint density at radius 2 is 2.07 bits per heavy atom. The molecule has 0 bridgehead atoms. The lowest BCUT2D eigenvalue weighted by molar-refractivity contribution is -0.118. The molecule has 0 atom stereocenters. The van der Waals surface area contributed by atoms with Crippen LogP contribution < -0.4 is 21.5 Å². The second-order valence-corrected chi connectivity index (χ2v) is 7.69. The van der Waals surface area contributed by atoms with Crippen molar-refractivity contribution in [2.24, 2.45) is 11.1 Å². The summed E-state index contributed by atoms with van der Waals surface area (Å²) in [5.74, 6) is 6.10. The topological polar surface area (TPSA) is 120 Å². The van der Waals surface area contributed by atoms with E-state index in [1.165, 1.54) is 4.52 Å². The Balaban J connectivity index is 1.90. The Kier molecular flexibility index (Phi) is 5.02. The average Bonchev–Trinajstić information content (AvgIpc) is 3.12. The summed E-state index contributed by atoms with van der Waals surface area (Å²) in [6, 6.07) is 0. The lowest BCUT2D eigenvalue weighted by atomic mass is 9.90. The second-order valence-electron chi connectivity index (χ2n) is 7.69. The number of aromatic nitrogens is 4. The number of rotatable bonds is 4. The molecule has 29 heavy (non-hydrogen) atoms. The van der Waals surface area contributed by atoms with Gasteiger partial charge >= 0.3 is 0 Å². The summed E-state index contributed by atoms with van der Waals surface area (Å²) >= 11 is 0.